The van der Waals surface area contributed by atoms with E-state index in [0.29, 0.717) is 12.1 Å². The molecule has 0 spiro atoms. The molecule has 4 rings (SSSR count). The SMILES string of the molecule is CN(C)C(=O)c1cccc(-c2cnc3sc(NCc4ccco4)nn23)c1. The van der Waals surface area contributed by atoms with Crippen LogP contribution in [0.15, 0.2) is 53.3 Å². The highest BCUT2D eigenvalue weighted by molar-refractivity contribution is 7.20. The number of fused-ring (bicyclic) bond motifs is 1. The van der Waals surface area contributed by atoms with Gasteiger partial charge in [-0.25, -0.2) is 9.50 Å². The highest BCUT2D eigenvalue weighted by Gasteiger charge is 2.14. The molecule has 1 amide bonds. The number of imidazole rings is 1. The molecule has 3 heterocycles. The molecule has 8 heteroatoms. The van der Waals surface area contributed by atoms with Gasteiger partial charge in [0.2, 0.25) is 10.1 Å². The van der Waals surface area contributed by atoms with Gasteiger partial charge >= 0.3 is 0 Å². The predicted molar refractivity (Wildman–Crippen MR) is 100 cm³/mol. The van der Waals surface area contributed by atoms with Crippen molar-refractivity contribution in [2.75, 3.05) is 19.4 Å². The van der Waals surface area contributed by atoms with Gasteiger partial charge in [-0.2, -0.15) is 0 Å². The lowest BCUT2D eigenvalue weighted by Crippen LogP contribution is -2.21. The lowest BCUT2D eigenvalue weighted by Gasteiger charge is -2.10. The summed E-state index contributed by atoms with van der Waals surface area (Å²) in [4.78, 5) is 19.0. The van der Waals surface area contributed by atoms with Crippen LogP contribution in [0.5, 0.6) is 0 Å². The lowest BCUT2D eigenvalue weighted by atomic mass is 10.1. The van der Waals surface area contributed by atoms with E-state index < -0.39 is 0 Å². The predicted octanol–water partition coefficient (Wildman–Crippen LogP) is 3.36. The van der Waals surface area contributed by atoms with Gasteiger partial charge < -0.3 is 14.6 Å². The number of nitrogens with zero attached hydrogens (tertiary/aromatic N) is 4. The third kappa shape index (κ3) is 3.06. The largest absolute Gasteiger partial charge is 0.467 e. The molecule has 0 aliphatic rings. The number of rotatable bonds is 5. The van der Waals surface area contributed by atoms with Crippen LogP contribution in [0.2, 0.25) is 0 Å². The third-order valence-corrected chi connectivity index (χ3v) is 4.77. The fourth-order valence-electron chi connectivity index (χ4n) is 2.61. The van der Waals surface area contributed by atoms with E-state index in [1.807, 2.05) is 36.4 Å². The zero-order valence-electron chi connectivity index (χ0n) is 14.3. The number of hydrogen-bond acceptors (Lipinski definition) is 6. The number of hydrogen-bond donors (Lipinski definition) is 1. The number of carbonyl (C=O) groups excluding carboxylic acids is 1. The van der Waals surface area contributed by atoms with Crippen molar-refractivity contribution in [3.8, 4) is 11.3 Å². The Bertz CT molecular complexity index is 1050. The molecule has 26 heavy (non-hydrogen) atoms. The first-order valence-corrected chi connectivity index (χ1v) is 8.86. The van der Waals surface area contributed by atoms with Crippen LogP contribution in [0.1, 0.15) is 16.1 Å². The highest BCUT2D eigenvalue weighted by Crippen LogP contribution is 2.27. The van der Waals surface area contributed by atoms with Crippen molar-refractivity contribution in [3.05, 3.63) is 60.2 Å². The van der Waals surface area contributed by atoms with Gasteiger partial charge in [-0.1, -0.05) is 23.5 Å². The summed E-state index contributed by atoms with van der Waals surface area (Å²) in [6, 6.07) is 11.2. The Kier molecular flexibility index (Phi) is 4.18. The molecule has 0 unspecified atom stereocenters. The first-order valence-electron chi connectivity index (χ1n) is 8.05. The topological polar surface area (TPSA) is 75.7 Å². The standard InChI is InChI=1S/C18H17N5O2S/c1-22(2)16(24)13-6-3-5-12(9-13)15-11-20-18-23(15)21-17(26-18)19-10-14-7-4-8-25-14/h3-9,11H,10H2,1-2H3,(H,19,21). The van der Waals surface area contributed by atoms with Gasteiger partial charge in [0.15, 0.2) is 0 Å². The van der Waals surface area contributed by atoms with E-state index in [1.54, 1.807) is 36.0 Å². The third-order valence-electron chi connectivity index (χ3n) is 3.89. The summed E-state index contributed by atoms with van der Waals surface area (Å²) < 4.78 is 7.10. The quantitative estimate of drug-likeness (QED) is 0.585. The van der Waals surface area contributed by atoms with Gasteiger partial charge in [0, 0.05) is 25.2 Å². The van der Waals surface area contributed by atoms with Crippen molar-refractivity contribution in [1.82, 2.24) is 19.5 Å². The number of anilines is 1. The monoisotopic (exact) mass is 367 g/mol. The van der Waals surface area contributed by atoms with Crippen LogP contribution in [0.3, 0.4) is 0 Å². The maximum Gasteiger partial charge on any atom is 0.253 e. The first kappa shape index (κ1) is 16.3. The molecule has 1 aromatic carbocycles. The summed E-state index contributed by atoms with van der Waals surface area (Å²) in [6.45, 7) is 0.561. The minimum atomic E-state index is -0.0355. The van der Waals surface area contributed by atoms with Crippen LogP contribution in [0.25, 0.3) is 16.2 Å². The Balaban J connectivity index is 1.63. The van der Waals surface area contributed by atoms with Crippen LogP contribution < -0.4 is 5.32 Å². The molecule has 0 radical (unpaired) electrons. The van der Waals surface area contributed by atoms with Crippen molar-refractivity contribution < 1.29 is 9.21 Å². The van der Waals surface area contributed by atoms with Crippen molar-refractivity contribution >= 4 is 27.3 Å². The summed E-state index contributed by atoms with van der Waals surface area (Å²) in [5.74, 6) is 0.805. The van der Waals surface area contributed by atoms with Crippen LogP contribution in [0, 0.1) is 0 Å². The van der Waals surface area contributed by atoms with E-state index in [-0.39, 0.29) is 5.91 Å². The number of carbonyl (C=O) groups is 1. The molecular weight excluding hydrogens is 350 g/mol. The van der Waals surface area contributed by atoms with Gasteiger partial charge in [-0.05, 0) is 24.3 Å². The van der Waals surface area contributed by atoms with Gasteiger partial charge in [0.1, 0.15) is 5.76 Å². The molecule has 0 fully saturated rings. The van der Waals surface area contributed by atoms with Gasteiger partial charge in [0.25, 0.3) is 5.91 Å². The van der Waals surface area contributed by atoms with Gasteiger partial charge in [0.05, 0.1) is 24.7 Å². The second-order valence-corrected chi connectivity index (χ2v) is 6.91. The summed E-state index contributed by atoms with van der Waals surface area (Å²) >= 11 is 1.46. The van der Waals surface area contributed by atoms with Crippen molar-refractivity contribution in [3.63, 3.8) is 0 Å². The molecule has 0 aliphatic heterocycles. The van der Waals surface area contributed by atoms with E-state index in [2.05, 4.69) is 15.4 Å². The Morgan fingerprint density at radius 1 is 1.31 bits per heavy atom. The molecule has 4 aromatic rings. The van der Waals surface area contributed by atoms with Crippen LogP contribution in [0.4, 0.5) is 5.13 Å². The molecule has 0 atom stereocenters. The molecule has 3 aromatic heterocycles. The van der Waals surface area contributed by atoms with E-state index in [4.69, 9.17) is 4.42 Å². The van der Waals surface area contributed by atoms with Crippen LogP contribution >= 0.6 is 11.3 Å². The smallest absolute Gasteiger partial charge is 0.253 e. The average molecular weight is 367 g/mol. The number of nitrogens with one attached hydrogen (secondary N) is 1. The molecule has 132 valence electrons. The Labute approximate surface area is 153 Å². The number of amides is 1. The zero-order chi connectivity index (χ0) is 18.1. The van der Waals surface area contributed by atoms with Crippen molar-refractivity contribution in [1.29, 1.82) is 0 Å². The number of benzene rings is 1. The molecule has 7 nitrogen and oxygen atoms in total. The number of furan rings is 1. The molecule has 0 bridgehead atoms. The second-order valence-electron chi connectivity index (χ2n) is 5.96. The minimum Gasteiger partial charge on any atom is -0.467 e. The normalized spacial score (nSPS) is 11.0. The number of aromatic nitrogens is 3. The van der Waals surface area contributed by atoms with E-state index in [0.717, 1.165) is 27.1 Å². The highest BCUT2D eigenvalue weighted by atomic mass is 32.1. The second kappa shape index (κ2) is 6.64. The Hall–Kier alpha value is -3.13. The fraction of sp³-hybridized carbons (Fsp3) is 0.167. The first-order chi connectivity index (χ1) is 12.6. The minimum absolute atomic E-state index is 0.0355. The maximum atomic E-state index is 12.2. The van der Waals surface area contributed by atoms with Gasteiger partial charge in [-0.15, -0.1) is 5.10 Å². The molecule has 0 saturated heterocycles. The summed E-state index contributed by atoms with van der Waals surface area (Å²) in [5.41, 5.74) is 2.37. The Morgan fingerprint density at radius 3 is 2.96 bits per heavy atom. The average Bonchev–Trinajstić information content (AvgIpc) is 3.36. The van der Waals surface area contributed by atoms with E-state index in [9.17, 15) is 4.79 Å². The zero-order valence-corrected chi connectivity index (χ0v) is 15.2. The molecule has 0 saturated carbocycles. The summed E-state index contributed by atoms with van der Waals surface area (Å²) in [7, 11) is 3.48. The van der Waals surface area contributed by atoms with Crippen LogP contribution in [-0.2, 0) is 6.54 Å². The summed E-state index contributed by atoms with van der Waals surface area (Å²) in [6.07, 6.45) is 3.42. The van der Waals surface area contributed by atoms with Crippen molar-refractivity contribution in [2.24, 2.45) is 0 Å². The molecular formula is C18H17N5O2S. The lowest BCUT2D eigenvalue weighted by molar-refractivity contribution is 0.0827. The molecule has 0 aliphatic carbocycles. The summed E-state index contributed by atoms with van der Waals surface area (Å²) in [5, 5.41) is 8.58. The maximum absolute atomic E-state index is 12.2. The van der Waals surface area contributed by atoms with Crippen LogP contribution in [-0.4, -0.2) is 39.5 Å². The van der Waals surface area contributed by atoms with E-state index in [1.165, 1.54) is 11.3 Å². The molecule has 1 N–H and O–H groups in total. The fourth-order valence-corrected chi connectivity index (χ4v) is 3.38. The van der Waals surface area contributed by atoms with Gasteiger partial charge in [-0.3, -0.25) is 4.79 Å². The Morgan fingerprint density at radius 2 is 2.19 bits per heavy atom. The van der Waals surface area contributed by atoms with Crippen molar-refractivity contribution in [2.45, 2.75) is 6.54 Å². The van der Waals surface area contributed by atoms with E-state index >= 15 is 0 Å².